The molecule has 0 amide bonds. The van der Waals surface area contributed by atoms with Crippen LogP contribution in [0.25, 0.3) is 0 Å². The summed E-state index contributed by atoms with van der Waals surface area (Å²) in [5, 5.41) is 0. The molecule has 4 heteroatoms. The Balaban J connectivity index is 1.95. The van der Waals surface area contributed by atoms with Gasteiger partial charge < -0.3 is 4.90 Å². The molecule has 2 atom stereocenters. The fraction of sp³-hybridized carbons (Fsp3) is 0.500. The van der Waals surface area contributed by atoms with Gasteiger partial charge in [-0.3, -0.25) is 4.79 Å². The molecule has 18 heavy (non-hydrogen) atoms. The molecule has 0 N–H and O–H groups in total. The van der Waals surface area contributed by atoms with Crippen LogP contribution in [0.15, 0.2) is 22.7 Å². The van der Waals surface area contributed by atoms with Gasteiger partial charge in [0.1, 0.15) is 11.6 Å². The molecule has 2 saturated heterocycles. The first-order valence-electron chi connectivity index (χ1n) is 6.40. The Labute approximate surface area is 114 Å². The lowest BCUT2D eigenvalue weighted by atomic mass is 9.83. The van der Waals surface area contributed by atoms with Crippen LogP contribution in [-0.4, -0.2) is 17.9 Å². The number of nitrogens with zero attached hydrogens (tertiary/aromatic N) is 1. The van der Waals surface area contributed by atoms with E-state index in [2.05, 4.69) is 20.8 Å². The van der Waals surface area contributed by atoms with Crippen LogP contribution in [0.2, 0.25) is 0 Å². The zero-order valence-corrected chi connectivity index (χ0v) is 11.6. The van der Waals surface area contributed by atoms with E-state index in [-0.39, 0.29) is 17.9 Å². The Hall–Kier alpha value is -0.900. The Morgan fingerprint density at radius 1 is 1.22 bits per heavy atom. The average Bonchev–Trinajstić information content (AvgIpc) is 2.32. The van der Waals surface area contributed by atoms with Gasteiger partial charge in [-0.2, -0.15) is 0 Å². The summed E-state index contributed by atoms with van der Waals surface area (Å²) in [6.07, 6.45) is 4.50. The third-order valence-corrected chi connectivity index (χ3v) is 4.63. The molecule has 2 nitrogen and oxygen atoms in total. The number of piperidine rings is 2. The first-order valence-corrected chi connectivity index (χ1v) is 7.19. The van der Waals surface area contributed by atoms with Crippen LogP contribution in [0.4, 0.5) is 10.1 Å². The number of ketones is 1. The Morgan fingerprint density at radius 2 is 1.89 bits per heavy atom. The van der Waals surface area contributed by atoms with E-state index in [0.29, 0.717) is 23.1 Å². The number of benzene rings is 1. The molecule has 0 aliphatic carbocycles. The molecule has 3 rings (SSSR count). The van der Waals surface area contributed by atoms with Crippen molar-refractivity contribution >= 4 is 27.4 Å². The lowest BCUT2D eigenvalue weighted by molar-refractivity contribution is -0.121. The molecule has 2 aliphatic rings. The smallest absolute Gasteiger partial charge is 0.139 e. The van der Waals surface area contributed by atoms with Crippen molar-refractivity contribution in [2.75, 3.05) is 4.90 Å². The van der Waals surface area contributed by atoms with Crippen molar-refractivity contribution in [3.8, 4) is 0 Å². The van der Waals surface area contributed by atoms with Gasteiger partial charge >= 0.3 is 0 Å². The first-order chi connectivity index (χ1) is 8.65. The standard InChI is InChI=1S/C14H15BrFNO/c15-13-5-4-11(8-14(13)16)17-9-2-1-3-10(17)7-12(18)6-9/h4-5,8-10H,1-3,6-7H2. The van der Waals surface area contributed by atoms with Gasteiger partial charge in [-0.05, 0) is 53.4 Å². The molecule has 0 saturated carbocycles. The summed E-state index contributed by atoms with van der Waals surface area (Å²) in [4.78, 5) is 13.9. The Bertz CT molecular complexity index is 475. The summed E-state index contributed by atoms with van der Waals surface area (Å²) in [6.45, 7) is 0. The minimum absolute atomic E-state index is 0.234. The van der Waals surface area contributed by atoms with Gasteiger partial charge in [0.2, 0.25) is 0 Å². The number of hydrogen-bond donors (Lipinski definition) is 0. The molecular weight excluding hydrogens is 297 g/mol. The quantitative estimate of drug-likeness (QED) is 0.788. The number of carbonyl (C=O) groups is 1. The molecule has 2 bridgehead atoms. The number of hydrogen-bond acceptors (Lipinski definition) is 2. The van der Waals surface area contributed by atoms with Crippen molar-refractivity contribution in [1.82, 2.24) is 0 Å². The third-order valence-electron chi connectivity index (χ3n) is 3.99. The van der Waals surface area contributed by atoms with Crippen LogP contribution >= 0.6 is 15.9 Å². The summed E-state index contributed by atoms with van der Waals surface area (Å²) in [7, 11) is 0. The van der Waals surface area contributed by atoms with Crippen molar-refractivity contribution in [3.63, 3.8) is 0 Å². The number of fused-ring (bicyclic) bond motifs is 2. The monoisotopic (exact) mass is 311 g/mol. The second-order valence-electron chi connectivity index (χ2n) is 5.19. The summed E-state index contributed by atoms with van der Waals surface area (Å²) in [6, 6.07) is 5.80. The highest BCUT2D eigenvalue weighted by Gasteiger charge is 2.37. The van der Waals surface area contributed by atoms with E-state index in [1.807, 2.05) is 6.07 Å². The lowest BCUT2D eigenvalue weighted by Gasteiger charge is -2.47. The van der Waals surface area contributed by atoms with Crippen LogP contribution in [0.5, 0.6) is 0 Å². The van der Waals surface area contributed by atoms with E-state index < -0.39 is 0 Å². The zero-order chi connectivity index (χ0) is 12.7. The van der Waals surface area contributed by atoms with Crippen molar-refractivity contribution in [3.05, 3.63) is 28.5 Å². The largest absolute Gasteiger partial charge is 0.365 e. The van der Waals surface area contributed by atoms with Crippen LogP contribution in [0.3, 0.4) is 0 Å². The van der Waals surface area contributed by atoms with Crippen molar-refractivity contribution in [1.29, 1.82) is 0 Å². The summed E-state index contributed by atoms with van der Waals surface area (Å²) >= 11 is 3.18. The summed E-state index contributed by atoms with van der Waals surface area (Å²) in [5.41, 5.74) is 0.915. The summed E-state index contributed by atoms with van der Waals surface area (Å²) < 4.78 is 14.1. The van der Waals surface area contributed by atoms with Gasteiger partial charge in [0.05, 0.1) is 4.47 Å². The number of Topliss-reactive ketones (excluding diaryl/α,β-unsaturated/α-hetero) is 1. The van der Waals surface area contributed by atoms with Gasteiger partial charge in [0.25, 0.3) is 0 Å². The Morgan fingerprint density at radius 3 is 2.50 bits per heavy atom. The maximum absolute atomic E-state index is 13.6. The molecule has 1 aromatic carbocycles. The van der Waals surface area contributed by atoms with Crippen molar-refractivity contribution in [2.45, 2.75) is 44.2 Å². The Kier molecular flexibility index (Phi) is 3.14. The topological polar surface area (TPSA) is 20.3 Å². The van der Waals surface area contributed by atoms with E-state index in [9.17, 15) is 9.18 Å². The number of rotatable bonds is 1. The molecular formula is C14H15BrFNO. The minimum atomic E-state index is -0.234. The molecule has 2 heterocycles. The molecule has 0 aromatic heterocycles. The molecule has 1 aromatic rings. The van der Waals surface area contributed by atoms with Gasteiger partial charge in [-0.1, -0.05) is 0 Å². The number of halogens is 2. The second-order valence-corrected chi connectivity index (χ2v) is 6.05. The number of anilines is 1. The maximum atomic E-state index is 13.6. The average molecular weight is 312 g/mol. The van der Waals surface area contributed by atoms with Crippen LogP contribution < -0.4 is 4.90 Å². The highest BCUT2D eigenvalue weighted by atomic mass is 79.9. The highest BCUT2D eigenvalue weighted by Crippen LogP contribution is 2.37. The fourth-order valence-corrected chi connectivity index (χ4v) is 3.49. The molecule has 0 radical (unpaired) electrons. The second kappa shape index (κ2) is 4.65. The predicted octanol–water partition coefficient (Wildman–Crippen LogP) is 3.68. The zero-order valence-electron chi connectivity index (χ0n) is 10.0. The lowest BCUT2D eigenvalue weighted by Crippen LogP contribution is -2.52. The van der Waals surface area contributed by atoms with Crippen LogP contribution in [-0.2, 0) is 4.79 Å². The van der Waals surface area contributed by atoms with E-state index in [4.69, 9.17) is 0 Å². The van der Waals surface area contributed by atoms with Crippen LogP contribution in [0.1, 0.15) is 32.1 Å². The minimum Gasteiger partial charge on any atom is -0.365 e. The third kappa shape index (κ3) is 2.07. The first kappa shape index (κ1) is 12.2. The van der Waals surface area contributed by atoms with E-state index >= 15 is 0 Å². The molecule has 2 aliphatic heterocycles. The van der Waals surface area contributed by atoms with E-state index in [1.165, 1.54) is 6.42 Å². The van der Waals surface area contributed by atoms with Crippen LogP contribution in [0, 0.1) is 5.82 Å². The highest BCUT2D eigenvalue weighted by molar-refractivity contribution is 9.10. The normalized spacial score (nSPS) is 27.4. The van der Waals surface area contributed by atoms with Gasteiger partial charge in [-0.15, -0.1) is 0 Å². The SMILES string of the molecule is O=C1CC2CCCC(C1)N2c1ccc(Br)c(F)c1. The van der Waals surface area contributed by atoms with E-state index in [0.717, 1.165) is 18.5 Å². The van der Waals surface area contributed by atoms with Crippen molar-refractivity contribution < 1.29 is 9.18 Å². The van der Waals surface area contributed by atoms with Gasteiger partial charge in [0.15, 0.2) is 0 Å². The predicted molar refractivity (Wildman–Crippen MR) is 72.2 cm³/mol. The molecule has 2 fully saturated rings. The van der Waals surface area contributed by atoms with E-state index in [1.54, 1.807) is 12.1 Å². The van der Waals surface area contributed by atoms with Gasteiger partial charge in [0, 0.05) is 30.6 Å². The maximum Gasteiger partial charge on any atom is 0.139 e. The fourth-order valence-electron chi connectivity index (χ4n) is 3.24. The summed E-state index contributed by atoms with van der Waals surface area (Å²) in [5.74, 6) is 0.126. The molecule has 2 unspecified atom stereocenters. The molecule has 96 valence electrons. The van der Waals surface area contributed by atoms with Gasteiger partial charge in [-0.25, -0.2) is 4.39 Å². The number of carbonyl (C=O) groups excluding carboxylic acids is 1. The van der Waals surface area contributed by atoms with Crippen molar-refractivity contribution in [2.24, 2.45) is 0 Å². The molecule has 0 spiro atoms.